The van der Waals surface area contributed by atoms with Crippen molar-refractivity contribution in [1.29, 1.82) is 0 Å². The maximum Gasteiger partial charge on any atom is 0.0731 e. The number of hydrogen-bond donors (Lipinski definition) is 0. The van der Waals surface area contributed by atoms with E-state index in [-0.39, 0.29) is 5.41 Å². The van der Waals surface area contributed by atoms with E-state index in [1.54, 1.807) is 0 Å². The van der Waals surface area contributed by atoms with Crippen molar-refractivity contribution in [2.75, 3.05) is 4.90 Å². The fraction of sp³-hybridized carbons (Fsp3) is 0.0690. The molecule has 11 rings (SSSR count). The molecule has 0 saturated heterocycles. The van der Waals surface area contributed by atoms with Gasteiger partial charge in [-0.25, -0.2) is 0 Å². The molecule has 8 aromatic rings. The van der Waals surface area contributed by atoms with Crippen LogP contribution in [-0.2, 0) is 10.8 Å². The number of fused-ring (bicyclic) bond motifs is 10. The fourth-order valence-electron chi connectivity index (χ4n) is 10.5. The van der Waals surface area contributed by atoms with Crippen molar-refractivity contribution in [3.63, 3.8) is 0 Å². The molecular formula is C58H43N. The van der Waals surface area contributed by atoms with Crippen LogP contribution < -0.4 is 4.90 Å². The van der Waals surface area contributed by atoms with Crippen molar-refractivity contribution in [2.24, 2.45) is 0 Å². The maximum absolute atomic E-state index is 4.10. The Kier molecular flexibility index (Phi) is 7.97. The number of hydrogen-bond acceptors (Lipinski definition) is 1. The van der Waals surface area contributed by atoms with Crippen LogP contribution in [0.5, 0.6) is 0 Å². The molecule has 3 aliphatic carbocycles. The smallest absolute Gasteiger partial charge is 0.0731 e. The molecule has 1 nitrogen and oxygen atoms in total. The normalized spacial score (nSPS) is 14.8. The standard InChI is InChI=1S/C58H43N/c1-4-5-22-50-48-26-12-16-30-54(48)58(52-28-14-10-24-46(52)47-25-11-15-29-53(47)58)56(50)41-20-17-21-43(37-41)59(42-33-31-40(32-34-42)39-18-7-6-8-19-39)44-35-36-49-45-23-9-13-27-51(45)57(2,3)55(49)38-44/h4-38H,1H2,2-3H3/b22-5-. The van der Waals surface area contributed by atoms with E-state index >= 15 is 0 Å². The lowest BCUT2D eigenvalue weighted by Gasteiger charge is -2.34. The minimum atomic E-state index is -0.505. The molecule has 0 aromatic heterocycles. The number of benzene rings is 8. The molecule has 1 heteroatoms. The zero-order chi connectivity index (χ0) is 39.7. The summed E-state index contributed by atoms with van der Waals surface area (Å²) < 4.78 is 0. The summed E-state index contributed by atoms with van der Waals surface area (Å²) in [6.45, 7) is 8.82. The molecule has 0 N–H and O–H groups in total. The molecule has 59 heavy (non-hydrogen) atoms. The van der Waals surface area contributed by atoms with Crippen molar-refractivity contribution in [2.45, 2.75) is 24.7 Å². The third kappa shape index (κ3) is 5.11. The molecule has 0 atom stereocenters. The summed E-state index contributed by atoms with van der Waals surface area (Å²) in [5, 5.41) is 0. The molecule has 0 radical (unpaired) electrons. The molecule has 3 aliphatic rings. The van der Waals surface area contributed by atoms with Crippen LogP contribution in [0, 0.1) is 0 Å². The van der Waals surface area contributed by atoms with Crippen LogP contribution in [0.1, 0.15) is 52.8 Å². The Morgan fingerprint density at radius 3 is 1.56 bits per heavy atom. The van der Waals surface area contributed by atoms with E-state index in [0.29, 0.717) is 0 Å². The van der Waals surface area contributed by atoms with Gasteiger partial charge in [0.05, 0.1) is 5.41 Å². The quantitative estimate of drug-likeness (QED) is 0.147. The Labute approximate surface area is 347 Å². The van der Waals surface area contributed by atoms with Gasteiger partial charge in [-0.2, -0.15) is 0 Å². The van der Waals surface area contributed by atoms with Gasteiger partial charge in [-0.15, -0.1) is 0 Å². The molecule has 8 aromatic carbocycles. The van der Waals surface area contributed by atoms with Crippen molar-refractivity contribution in [3.05, 3.63) is 258 Å². The lowest BCUT2D eigenvalue weighted by Crippen LogP contribution is -2.26. The highest BCUT2D eigenvalue weighted by Crippen LogP contribution is 2.65. The molecule has 280 valence electrons. The second-order valence-electron chi connectivity index (χ2n) is 16.5. The van der Waals surface area contributed by atoms with Gasteiger partial charge < -0.3 is 4.90 Å². The molecule has 0 unspecified atom stereocenters. The topological polar surface area (TPSA) is 3.24 Å². The van der Waals surface area contributed by atoms with Gasteiger partial charge in [-0.05, 0) is 120 Å². The Morgan fingerprint density at radius 2 is 0.898 bits per heavy atom. The third-order valence-corrected chi connectivity index (χ3v) is 13.1. The van der Waals surface area contributed by atoms with Gasteiger partial charge in [0.1, 0.15) is 0 Å². The molecule has 0 heterocycles. The fourth-order valence-corrected chi connectivity index (χ4v) is 10.5. The van der Waals surface area contributed by atoms with Gasteiger partial charge in [0.15, 0.2) is 0 Å². The second-order valence-corrected chi connectivity index (χ2v) is 16.5. The molecule has 0 amide bonds. The van der Waals surface area contributed by atoms with Crippen LogP contribution in [0.4, 0.5) is 17.1 Å². The van der Waals surface area contributed by atoms with Crippen LogP contribution >= 0.6 is 0 Å². The molecular weight excluding hydrogens is 711 g/mol. The van der Waals surface area contributed by atoms with Crippen molar-refractivity contribution >= 4 is 28.2 Å². The molecule has 0 aliphatic heterocycles. The summed E-state index contributed by atoms with van der Waals surface area (Å²) in [5.74, 6) is 0. The van der Waals surface area contributed by atoms with Gasteiger partial charge in [0.25, 0.3) is 0 Å². The number of rotatable bonds is 7. The van der Waals surface area contributed by atoms with Gasteiger partial charge in [-0.3, -0.25) is 0 Å². The van der Waals surface area contributed by atoms with E-state index in [2.05, 4.69) is 232 Å². The van der Waals surface area contributed by atoms with E-state index in [1.807, 2.05) is 6.08 Å². The molecule has 0 fully saturated rings. The molecule has 0 bridgehead atoms. The Bertz CT molecular complexity index is 2980. The number of nitrogens with zero attached hydrogens (tertiary/aromatic N) is 1. The monoisotopic (exact) mass is 753 g/mol. The maximum atomic E-state index is 4.10. The highest BCUT2D eigenvalue weighted by atomic mass is 15.1. The first-order valence-electron chi connectivity index (χ1n) is 20.6. The first-order valence-corrected chi connectivity index (χ1v) is 20.6. The van der Waals surface area contributed by atoms with Gasteiger partial charge >= 0.3 is 0 Å². The summed E-state index contributed by atoms with van der Waals surface area (Å²) in [4.78, 5) is 2.45. The second kappa shape index (κ2) is 13.4. The summed E-state index contributed by atoms with van der Waals surface area (Å²) >= 11 is 0. The summed E-state index contributed by atoms with van der Waals surface area (Å²) in [5.41, 5.74) is 22.0. The van der Waals surface area contributed by atoms with Crippen LogP contribution in [0.15, 0.2) is 219 Å². The highest BCUT2D eigenvalue weighted by molar-refractivity contribution is 6.12. The van der Waals surface area contributed by atoms with Crippen LogP contribution in [0.25, 0.3) is 44.5 Å². The van der Waals surface area contributed by atoms with Crippen molar-refractivity contribution in [1.82, 2.24) is 0 Å². The number of anilines is 3. The van der Waals surface area contributed by atoms with E-state index in [1.165, 1.54) is 83.5 Å². The summed E-state index contributed by atoms with van der Waals surface area (Å²) in [6.07, 6.45) is 6.25. The van der Waals surface area contributed by atoms with E-state index in [4.69, 9.17) is 0 Å². The summed E-state index contributed by atoms with van der Waals surface area (Å²) in [6, 6.07) is 72.0. The Hall–Kier alpha value is -7.22. The average Bonchev–Trinajstić information content (AvgIpc) is 3.84. The van der Waals surface area contributed by atoms with Crippen molar-refractivity contribution < 1.29 is 0 Å². The number of allylic oxidation sites excluding steroid dienone is 5. The van der Waals surface area contributed by atoms with Crippen LogP contribution in [-0.4, -0.2) is 0 Å². The third-order valence-electron chi connectivity index (χ3n) is 13.1. The average molecular weight is 754 g/mol. The highest BCUT2D eigenvalue weighted by Gasteiger charge is 2.53. The van der Waals surface area contributed by atoms with E-state index in [0.717, 1.165) is 17.1 Å². The molecule has 0 saturated carbocycles. The lowest BCUT2D eigenvalue weighted by molar-refractivity contribution is 0.660. The van der Waals surface area contributed by atoms with Crippen molar-refractivity contribution in [3.8, 4) is 33.4 Å². The minimum Gasteiger partial charge on any atom is -0.310 e. The van der Waals surface area contributed by atoms with Crippen LogP contribution in [0.2, 0.25) is 0 Å². The van der Waals surface area contributed by atoms with Crippen LogP contribution in [0.3, 0.4) is 0 Å². The Morgan fingerprint density at radius 1 is 0.407 bits per heavy atom. The van der Waals surface area contributed by atoms with E-state index < -0.39 is 5.41 Å². The zero-order valence-corrected chi connectivity index (χ0v) is 33.4. The lowest BCUT2D eigenvalue weighted by atomic mass is 9.68. The van der Waals surface area contributed by atoms with E-state index in [9.17, 15) is 0 Å². The first-order chi connectivity index (χ1) is 29.0. The largest absolute Gasteiger partial charge is 0.310 e. The molecule has 1 spiro atoms. The SMILES string of the molecule is C=C/C=C\C1=C(c2cccc(N(c3ccc(-c4ccccc4)cc3)c3ccc4c(c3)C(C)(C)c3ccccc3-4)c2)C2(c3ccccc31)c1ccccc1-c1ccccc12. The first kappa shape index (κ1) is 35.0. The summed E-state index contributed by atoms with van der Waals surface area (Å²) in [7, 11) is 0. The predicted octanol–water partition coefficient (Wildman–Crippen LogP) is 15.1. The Balaban J connectivity index is 1.15. The van der Waals surface area contributed by atoms with Gasteiger partial charge in [0, 0.05) is 22.5 Å². The zero-order valence-electron chi connectivity index (χ0n) is 33.4. The van der Waals surface area contributed by atoms with Gasteiger partial charge in [-0.1, -0.05) is 196 Å². The minimum absolute atomic E-state index is 0.130. The predicted molar refractivity (Wildman–Crippen MR) is 248 cm³/mol. The van der Waals surface area contributed by atoms with Gasteiger partial charge in [0.2, 0.25) is 0 Å².